The lowest BCUT2D eigenvalue weighted by Gasteiger charge is -2.12. The summed E-state index contributed by atoms with van der Waals surface area (Å²) in [6.45, 7) is 8.87. The molecule has 0 bridgehead atoms. The van der Waals surface area contributed by atoms with Crippen LogP contribution in [0, 0.1) is 6.92 Å². The summed E-state index contributed by atoms with van der Waals surface area (Å²) < 4.78 is 7.52. The molecule has 1 aromatic heterocycles. The van der Waals surface area contributed by atoms with Crippen molar-refractivity contribution in [3.63, 3.8) is 0 Å². The Bertz CT molecular complexity index is 529. The molecule has 0 saturated carbocycles. The standard InChI is InChI=1S/C15H21N3O/c1-5-19-14-8-6-13(7-9-14)18-10-12(4)17-15(18)16-11(2)3/h6-11H,5H2,1-4H3,(H,16,17). The molecule has 19 heavy (non-hydrogen) atoms. The molecule has 0 amide bonds. The summed E-state index contributed by atoms with van der Waals surface area (Å²) >= 11 is 0. The summed E-state index contributed by atoms with van der Waals surface area (Å²) in [5.41, 5.74) is 2.07. The first kappa shape index (κ1) is 13.5. The molecular formula is C15H21N3O. The van der Waals surface area contributed by atoms with E-state index in [2.05, 4.69) is 28.7 Å². The average molecular weight is 259 g/mol. The van der Waals surface area contributed by atoms with Crippen molar-refractivity contribution in [1.29, 1.82) is 0 Å². The van der Waals surface area contributed by atoms with Crippen LogP contribution in [0.4, 0.5) is 5.95 Å². The second-order valence-corrected chi connectivity index (χ2v) is 4.80. The van der Waals surface area contributed by atoms with Gasteiger partial charge in [-0.05, 0) is 52.0 Å². The first-order valence-electron chi connectivity index (χ1n) is 6.66. The second-order valence-electron chi connectivity index (χ2n) is 4.80. The Labute approximate surface area is 114 Å². The molecule has 0 radical (unpaired) electrons. The van der Waals surface area contributed by atoms with Crippen molar-refractivity contribution in [3.05, 3.63) is 36.2 Å². The summed E-state index contributed by atoms with van der Waals surface area (Å²) in [4.78, 5) is 4.51. The summed E-state index contributed by atoms with van der Waals surface area (Å²) in [5.74, 6) is 1.76. The van der Waals surface area contributed by atoms with Crippen LogP contribution in [0.15, 0.2) is 30.5 Å². The number of aryl methyl sites for hydroxylation is 1. The first-order chi connectivity index (χ1) is 9.10. The molecule has 0 atom stereocenters. The molecule has 1 aromatic carbocycles. The normalized spacial score (nSPS) is 10.8. The molecule has 2 rings (SSSR count). The molecule has 0 fully saturated rings. The van der Waals surface area contributed by atoms with Gasteiger partial charge in [-0.25, -0.2) is 4.98 Å². The fourth-order valence-corrected chi connectivity index (χ4v) is 1.92. The maximum Gasteiger partial charge on any atom is 0.207 e. The number of anilines is 1. The molecule has 0 saturated heterocycles. The summed E-state index contributed by atoms with van der Waals surface area (Å²) in [5, 5.41) is 3.35. The van der Waals surface area contributed by atoms with Gasteiger partial charge >= 0.3 is 0 Å². The Kier molecular flexibility index (Phi) is 4.10. The maximum absolute atomic E-state index is 5.46. The summed E-state index contributed by atoms with van der Waals surface area (Å²) in [7, 11) is 0. The molecule has 0 aliphatic heterocycles. The third-order valence-electron chi connectivity index (χ3n) is 2.67. The van der Waals surface area contributed by atoms with Crippen LogP contribution in [0.25, 0.3) is 5.69 Å². The number of hydrogen-bond acceptors (Lipinski definition) is 3. The minimum atomic E-state index is 0.350. The predicted octanol–water partition coefficient (Wildman–Crippen LogP) is 3.40. The summed E-state index contributed by atoms with van der Waals surface area (Å²) in [6, 6.07) is 8.39. The van der Waals surface area contributed by atoms with E-state index >= 15 is 0 Å². The van der Waals surface area contributed by atoms with Crippen LogP contribution >= 0.6 is 0 Å². The average Bonchev–Trinajstić information content (AvgIpc) is 2.71. The van der Waals surface area contributed by atoms with Gasteiger partial charge < -0.3 is 10.1 Å². The van der Waals surface area contributed by atoms with Crippen molar-refractivity contribution in [2.24, 2.45) is 0 Å². The molecule has 0 aliphatic rings. The number of rotatable bonds is 5. The smallest absolute Gasteiger partial charge is 0.207 e. The molecule has 0 spiro atoms. The Morgan fingerprint density at radius 3 is 2.53 bits per heavy atom. The maximum atomic E-state index is 5.46. The van der Waals surface area contributed by atoms with Crippen LogP contribution < -0.4 is 10.1 Å². The Morgan fingerprint density at radius 2 is 1.95 bits per heavy atom. The van der Waals surface area contributed by atoms with Crippen molar-refractivity contribution < 1.29 is 4.74 Å². The van der Waals surface area contributed by atoms with Gasteiger partial charge in [0, 0.05) is 17.9 Å². The van der Waals surface area contributed by atoms with E-state index in [9.17, 15) is 0 Å². The number of imidazole rings is 1. The highest BCUT2D eigenvalue weighted by Crippen LogP contribution is 2.20. The van der Waals surface area contributed by atoms with Crippen molar-refractivity contribution in [2.45, 2.75) is 33.7 Å². The number of aromatic nitrogens is 2. The zero-order chi connectivity index (χ0) is 13.8. The minimum Gasteiger partial charge on any atom is -0.494 e. The fourth-order valence-electron chi connectivity index (χ4n) is 1.92. The lowest BCUT2D eigenvalue weighted by atomic mass is 10.3. The molecule has 0 aliphatic carbocycles. The van der Waals surface area contributed by atoms with Gasteiger partial charge in [-0.15, -0.1) is 0 Å². The van der Waals surface area contributed by atoms with E-state index in [0.29, 0.717) is 12.6 Å². The van der Waals surface area contributed by atoms with Crippen molar-refractivity contribution in [3.8, 4) is 11.4 Å². The molecule has 0 unspecified atom stereocenters. The lowest BCUT2D eigenvalue weighted by Crippen LogP contribution is -2.13. The van der Waals surface area contributed by atoms with Crippen LogP contribution in [-0.4, -0.2) is 22.2 Å². The van der Waals surface area contributed by atoms with E-state index in [4.69, 9.17) is 4.74 Å². The molecular weight excluding hydrogens is 238 g/mol. The Morgan fingerprint density at radius 1 is 1.26 bits per heavy atom. The molecule has 4 nitrogen and oxygen atoms in total. The third-order valence-corrected chi connectivity index (χ3v) is 2.67. The zero-order valence-electron chi connectivity index (χ0n) is 12.0. The zero-order valence-corrected chi connectivity index (χ0v) is 12.0. The quantitative estimate of drug-likeness (QED) is 0.894. The van der Waals surface area contributed by atoms with E-state index in [1.807, 2.05) is 44.3 Å². The van der Waals surface area contributed by atoms with Gasteiger partial charge in [-0.1, -0.05) is 0 Å². The van der Waals surface area contributed by atoms with Crippen LogP contribution in [0.5, 0.6) is 5.75 Å². The van der Waals surface area contributed by atoms with E-state index < -0.39 is 0 Å². The van der Waals surface area contributed by atoms with E-state index in [-0.39, 0.29) is 0 Å². The topological polar surface area (TPSA) is 39.1 Å². The fraction of sp³-hybridized carbons (Fsp3) is 0.400. The molecule has 102 valence electrons. The van der Waals surface area contributed by atoms with Crippen LogP contribution in [0.1, 0.15) is 26.5 Å². The third kappa shape index (κ3) is 3.28. The SMILES string of the molecule is CCOc1ccc(-n2cc(C)nc2NC(C)C)cc1. The van der Waals surface area contributed by atoms with Gasteiger partial charge in [0.1, 0.15) is 5.75 Å². The van der Waals surface area contributed by atoms with Gasteiger partial charge in [0.25, 0.3) is 0 Å². The van der Waals surface area contributed by atoms with Gasteiger partial charge in [-0.2, -0.15) is 0 Å². The van der Waals surface area contributed by atoms with E-state index in [1.54, 1.807) is 0 Å². The molecule has 2 aromatic rings. The highest BCUT2D eigenvalue weighted by Gasteiger charge is 2.08. The number of benzene rings is 1. The predicted molar refractivity (Wildman–Crippen MR) is 78.2 cm³/mol. The molecule has 4 heteroatoms. The number of nitrogens with one attached hydrogen (secondary N) is 1. The monoisotopic (exact) mass is 259 g/mol. The van der Waals surface area contributed by atoms with Crippen LogP contribution in [0.2, 0.25) is 0 Å². The van der Waals surface area contributed by atoms with Crippen LogP contribution in [-0.2, 0) is 0 Å². The minimum absolute atomic E-state index is 0.350. The van der Waals surface area contributed by atoms with Gasteiger partial charge in [-0.3, -0.25) is 4.57 Å². The van der Waals surface area contributed by atoms with Crippen molar-refractivity contribution >= 4 is 5.95 Å². The van der Waals surface area contributed by atoms with Crippen LogP contribution in [0.3, 0.4) is 0 Å². The number of nitrogens with zero attached hydrogens (tertiary/aromatic N) is 2. The van der Waals surface area contributed by atoms with Gasteiger partial charge in [0.05, 0.1) is 12.3 Å². The molecule has 1 heterocycles. The van der Waals surface area contributed by atoms with Crippen molar-refractivity contribution in [2.75, 3.05) is 11.9 Å². The number of hydrogen-bond donors (Lipinski definition) is 1. The largest absolute Gasteiger partial charge is 0.494 e. The highest BCUT2D eigenvalue weighted by molar-refractivity contribution is 5.45. The first-order valence-corrected chi connectivity index (χ1v) is 6.66. The Balaban J connectivity index is 2.30. The second kappa shape index (κ2) is 5.78. The van der Waals surface area contributed by atoms with Gasteiger partial charge in [0.15, 0.2) is 0 Å². The Hall–Kier alpha value is -1.97. The van der Waals surface area contributed by atoms with E-state index in [1.165, 1.54) is 0 Å². The summed E-state index contributed by atoms with van der Waals surface area (Å²) in [6.07, 6.45) is 2.03. The number of ether oxygens (including phenoxy) is 1. The van der Waals surface area contributed by atoms with E-state index in [0.717, 1.165) is 23.1 Å². The molecule has 1 N–H and O–H groups in total. The lowest BCUT2D eigenvalue weighted by molar-refractivity contribution is 0.340. The van der Waals surface area contributed by atoms with Gasteiger partial charge in [0.2, 0.25) is 5.95 Å². The highest BCUT2D eigenvalue weighted by atomic mass is 16.5. The van der Waals surface area contributed by atoms with Crippen molar-refractivity contribution in [1.82, 2.24) is 9.55 Å².